The highest BCUT2D eigenvalue weighted by atomic mass is 35.5. The van der Waals surface area contributed by atoms with E-state index in [1.54, 1.807) is 18.2 Å². The molecule has 0 fully saturated rings. The molecule has 0 radical (unpaired) electrons. The molecule has 0 spiro atoms. The molecule has 1 N–H and O–H groups in total. The molecule has 1 aromatic carbocycles. The summed E-state index contributed by atoms with van der Waals surface area (Å²) in [7, 11) is 0. The Morgan fingerprint density at radius 1 is 1.29 bits per heavy atom. The van der Waals surface area contributed by atoms with Gasteiger partial charge in [0.05, 0.1) is 0 Å². The maximum absolute atomic E-state index is 11.8. The van der Waals surface area contributed by atoms with Crippen molar-refractivity contribution >= 4 is 46.1 Å². The SMILES string of the molecule is Cc1csc(C(=O)Nc2cc(Cl)cc(Cl)c2)n1. The number of rotatable bonds is 2. The van der Waals surface area contributed by atoms with Gasteiger partial charge in [-0.25, -0.2) is 4.98 Å². The first-order chi connectivity index (χ1) is 8.04. The van der Waals surface area contributed by atoms with E-state index in [2.05, 4.69) is 10.3 Å². The Balaban J connectivity index is 2.18. The van der Waals surface area contributed by atoms with Gasteiger partial charge in [-0.2, -0.15) is 0 Å². The minimum absolute atomic E-state index is 0.263. The third-order valence-electron chi connectivity index (χ3n) is 1.93. The van der Waals surface area contributed by atoms with Crippen LogP contribution in [0, 0.1) is 6.92 Å². The van der Waals surface area contributed by atoms with E-state index < -0.39 is 0 Å². The molecular formula is C11H8Cl2N2OS. The second-order valence-electron chi connectivity index (χ2n) is 3.41. The lowest BCUT2D eigenvalue weighted by atomic mass is 10.3. The first kappa shape index (κ1) is 12.4. The van der Waals surface area contributed by atoms with Crippen molar-refractivity contribution in [2.24, 2.45) is 0 Å². The number of anilines is 1. The number of carbonyl (C=O) groups excluding carboxylic acids is 1. The number of nitrogens with one attached hydrogen (secondary N) is 1. The summed E-state index contributed by atoms with van der Waals surface area (Å²) >= 11 is 13.0. The smallest absolute Gasteiger partial charge is 0.284 e. The molecule has 0 saturated heterocycles. The molecule has 0 atom stereocenters. The second kappa shape index (κ2) is 5.04. The highest BCUT2D eigenvalue weighted by molar-refractivity contribution is 7.11. The number of carbonyl (C=O) groups is 1. The maximum atomic E-state index is 11.8. The molecule has 0 aliphatic rings. The Kier molecular flexibility index (Phi) is 3.66. The van der Waals surface area contributed by atoms with E-state index in [4.69, 9.17) is 23.2 Å². The molecule has 0 unspecified atom stereocenters. The molecule has 2 aromatic rings. The zero-order valence-electron chi connectivity index (χ0n) is 8.83. The number of aryl methyl sites for hydroxylation is 1. The Labute approximate surface area is 112 Å². The summed E-state index contributed by atoms with van der Waals surface area (Å²) in [4.78, 5) is 15.9. The van der Waals surface area contributed by atoms with Gasteiger partial charge < -0.3 is 5.32 Å². The van der Waals surface area contributed by atoms with E-state index in [1.807, 2.05) is 12.3 Å². The summed E-state index contributed by atoms with van der Waals surface area (Å²) in [5, 5.41) is 5.88. The van der Waals surface area contributed by atoms with E-state index in [-0.39, 0.29) is 5.91 Å². The second-order valence-corrected chi connectivity index (χ2v) is 5.14. The van der Waals surface area contributed by atoms with Crippen LogP contribution < -0.4 is 5.32 Å². The summed E-state index contributed by atoms with van der Waals surface area (Å²) in [6, 6.07) is 4.86. The third kappa shape index (κ3) is 3.19. The van der Waals surface area contributed by atoms with Gasteiger partial charge in [0, 0.05) is 26.8 Å². The zero-order chi connectivity index (χ0) is 12.4. The Morgan fingerprint density at radius 3 is 2.47 bits per heavy atom. The summed E-state index contributed by atoms with van der Waals surface area (Å²) in [6.45, 7) is 1.84. The standard InChI is InChI=1S/C11H8Cl2N2OS/c1-6-5-17-11(14-6)10(16)15-9-3-7(12)2-8(13)4-9/h2-5H,1H3,(H,15,16). The van der Waals surface area contributed by atoms with Crippen LogP contribution in [0.5, 0.6) is 0 Å². The van der Waals surface area contributed by atoms with Crippen molar-refractivity contribution in [1.82, 2.24) is 4.98 Å². The fourth-order valence-electron chi connectivity index (χ4n) is 1.27. The van der Waals surface area contributed by atoms with Gasteiger partial charge >= 0.3 is 0 Å². The van der Waals surface area contributed by atoms with Gasteiger partial charge in [-0.15, -0.1) is 11.3 Å². The molecule has 88 valence electrons. The number of amides is 1. The first-order valence-corrected chi connectivity index (χ1v) is 6.38. The number of halogens is 2. The molecule has 0 bridgehead atoms. The lowest BCUT2D eigenvalue weighted by molar-refractivity contribution is 0.102. The van der Waals surface area contributed by atoms with Crippen LogP contribution in [0.2, 0.25) is 10.0 Å². The van der Waals surface area contributed by atoms with Gasteiger partial charge in [0.1, 0.15) is 0 Å². The largest absolute Gasteiger partial charge is 0.320 e. The number of hydrogen-bond acceptors (Lipinski definition) is 3. The topological polar surface area (TPSA) is 42.0 Å². The third-order valence-corrected chi connectivity index (χ3v) is 3.33. The van der Waals surface area contributed by atoms with Crippen molar-refractivity contribution < 1.29 is 4.79 Å². The monoisotopic (exact) mass is 286 g/mol. The highest BCUT2D eigenvalue weighted by Gasteiger charge is 2.10. The zero-order valence-corrected chi connectivity index (χ0v) is 11.2. The van der Waals surface area contributed by atoms with Gasteiger partial charge in [0.25, 0.3) is 5.91 Å². The number of hydrogen-bond donors (Lipinski definition) is 1. The normalized spacial score (nSPS) is 10.3. The number of nitrogens with zero attached hydrogens (tertiary/aromatic N) is 1. The van der Waals surface area contributed by atoms with Crippen molar-refractivity contribution in [3.8, 4) is 0 Å². The fraction of sp³-hybridized carbons (Fsp3) is 0.0909. The summed E-state index contributed by atoms with van der Waals surface area (Å²) in [5.41, 5.74) is 1.38. The predicted molar refractivity (Wildman–Crippen MR) is 71.3 cm³/mol. The molecule has 2 rings (SSSR count). The van der Waals surface area contributed by atoms with Crippen molar-refractivity contribution in [2.75, 3.05) is 5.32 Å². The minimum Gasteiger partial charge on any atom is -0.320 e. The fourth-order valence-corrected chi connectivity index (χ4v) is 2.48. The summed E-state index contributed by atoms with van der Waals surface area (Å²) in [5.74, 6) is -0.263. The Morgan fingerprint density at radius 2 is 1.94 bits per heavy atom. The van der Waals surface area contributed by atoms with Crippen LogP contribution in [0.25, 0.3) is 0 Å². The van der Waals surface area contributed by atoms with Gasteiger partial charge in [-0.05, 0) is 25.1 Å². The lowest BCUT2D eigenvalue weighted by Gasteiger charge is -2.04. The molecule has 0 aliphatic carbocycles. The van der Waals surface area contributed by atoms with Crippen molar-refractivity contribution in [3.05, 3.63) is 44.3 Å². The van der Waals surface area contributed by atoms with Gasteiger partial charge in [-0.3, -0.25) is 4.79 Å². The van der Waals surface area contributed by atoms with Gasteiger partial charge in [0.15, 0.2) is 5.01 Å². The molecule has 0 aliphatic heterocycles. The summed E-state index contributed by atoms with van der Waals surface area (Å²) < 4.78 is 0. The number of benzene rings is 1. The highest BCUT2D eigenvalue weighted by Crippen LogP contribution is 2.23. The quantitative estimate of drug-likeness (QED) is 0.906. The van der Waals surface area contributed by atoms with Gasteiger partial charge in [-0.1, -0.05) is 23.2 Å². The molecule has 0 saturated carbocycles. The maximum Gasteiger partial charge on any atom is 0.284 e. The molecular weight excluding hydrogens is 279 g/mol. The molecule has 3 nitrogen and oxygen atoms in total. The Hall–Kier alpha value is -1.10. The summed E-state index contributed by atoms with van der Waals surface area (Å²) in [6.07, 6.45) is 0. The molecule has 6 heteroatoms. The van der Waals surface area contributed by atoms with Crippen LogP contribution >= 0.6 is 34.5 Å². The van der Waals surface area contributed by atoms with Crippen LogP contribution in [0.3, 0.4) is 0 Å². The average Bonchev–Trinajstić information content (AvgIpc) is 2.63. The van der Waals surface area contributed by atoms with Crippen LogP contribution in [0.4, 0.5) is 5.69 Å². The van der Waals surface area contributed by atoms with E-state index in [9.17, 15) is 4.79 Å². The van der Waals surface area contributed by atoms with E-state index in [0.717, 1.165) is 5.69 Å². The van der Waals surface area contributed by atoms with E-state index in [0.29, 0.717) is 20.7 Å². The average molecular weight is 287 g/mol. The van der Waals surface area contributed by atoms with Crippen LogP contribution in [0.15, 0.2) is 23.6 Å². The minimum atomic E-state index is -0.263. The van der Waals surface area contributed by atoms with Crippen LogP contribution in [0.1, 0.15) is 15.5 Å². The first-order valence-electron chi connectivity index (χ1n) is 4.74. The number of aromatic nitrogens is 1. The predicted octanol–water partition coefficient (Wildman–Crippen LogP) is 4.01. The van der Waals surface area contributed by atoms with Crippen LogP contribution in [-0.2, 0) is 0 Å². The molecule has 17 heavy (non-hydrogen) atoms. The molecule has 1 amide bonds. The van der Waals surface area contributed by atoms with E-state index in [1.165, 1.54) is 11.3 Å². The molecule has 1 heterocycles. The van der Waals surface area contributed by atoms with Crippen LogP contribution in [-0.4, -0.2) is 10.9 Å². The van der Waals surface area contributed by atoms with E-state index >= 15 is 0 Å². The Bertz CT molecular complexity index is 548. The van der Waals surface area contributed by atoms with Crippen molar-refractivity contribution in [3.63, 3.8) is 0 Å². The van der Waals surface area contributed by atoms with Crippen molar-refractivity contribution in [1.29, 1.82) is 0 Å². The lowest BCUT2D eigenvalue weighted by Crippen LogP contribution is -2.11. The number of thiazole rings is 1. The molecule has 1 aromatic heterocycles. The van der Waals surface area contributed by atoms with Crippen molar-refractivity contribution in [2.45, 2.75) is 6.92 Å². The van der Waals surface area contributed by atoms with Gasteiger partial charge in [0.2, 0.25) is 0 Å².